The molecule has 1 aromatic heterocycles. The maximum atomic E-state index is 11.9. The summed E-state index contributed by atoms with van der Waals surface area (Å²) in [7, 11) is 0. The second-order valence-electron chi connectivity index (χ2n) is 4.09. The molecule has 19 heavy (non-hydrogen) atoms. The molecule has 5 heteroatoms. The summed E-state index contributed by atoms with van der Waals surface area (Å²) in [6.45, 7) is 3.04. The van der Waals surface area contributed by atoms with Gasteiger partial charge in [0.05, 0.1) is 5.69 Å². The number of ether oxygens (including phenoxy) is 1. The van der Waals surface area contributed by atoms with E-state index in [9.17, 15) is 4.79 Å². The summed E-state index contributed by atoms with van der Waals surface area (Å²) >= 11 is 2.02. The number of hydrogen-bond acceptors (Lipinski definition) is 3. The molecule has 0 saturated heterocycles. The molecule has 0 spiro atoms. The van der Waals surface area contributed by atoms with E-state index in [1.165, 1.54) is 0 Å². The third-order valence-corrected chi connectivity index (χ3v) is 3.55. The second-order valence-corrected chi connectivity index (χ2v) is 5.17. The number of aromatic nitrogens is 2. The van der Waals surface area contributed by atoms with Crippen molar-refractivity contribution >= 4 is 22.6 Å². The molecule has 0 unspecified atom stereocenters. The summed E-state index contributed by atoms with van der Waals surface area (Å²) in [6.07, 6.45) is 0.945. The Labute approximate surface area is 125 Å². The van der Waals surface area contributed by atoms with Crippen LogP contribution in [0.3, 0.4) is 0 Å². The average Bonchev–Trinajstić information content (AvgIpc) is 2.44. The monoisotopic (exact) mass is 370 g/mol. The number of hydrogen-bond donors (Lipinski definition) is 1. The number of benzene rings is 1. The molecule has 0 amide bonds. The summed E-state index contributed by atoms with van der Waals surface area (Å²) in [5, 5.41) is 0. The zero-order valence-electron chi connectivity index (χ0n) is 10.6. The average molecular weight is 370 g/mol. The SMILES string of the molecule is CCCOCc1nc(-c2ccccc2)c(I)c(=O)[nH]1. The van der Waals surface area contributed by atoms with Crippen molar-refractivity contribution in [3.05, 3.63) is 50.1 Å². The molecule has 0 atom stereocenters. The maximum Gasteiger partial charge on any atom is 0.265 e. The molecule has 1 aromatic carbocycles. The first-order valence-corrected chi connectivity index (χ1v) is 7.22. The van der Waals surface area contributed by atoms with Gasteiger partial charge in [-0.3, -0.25) is 4.79 Å². The van der Waals surface area contributed by atoms with Gasteiger partial charge in [-0.15, -0.1) is 0 Å². The van der Waals surface area contributed by atoms with Crippen LogP contribution in [-0.4, -0.2) is 16.6 Å². The van der Waals surface area contributed by atoms with Gasteiger partial charge in [0.2, 0.25) is 0 Å². The Balaban J connectivity index is 2.35. The number of nitrogens with zero attached hydrogens (tertiary/aromatic N) is 1. The number of aromatic amines is 1. The molecule has 4 nitrogen and oxygen atoms in total. The lowest BCUT2D eigenvalue weighted by atomic mass is 10.1. The summed E-state index contributed by atoms with van der Waals surface area (Å²) in [5.41, 5.74) is 1.53. The highest BCUT2D eigenvalue weighted by molar-refractivity contribution is 14.1. The molecule has 0 saturated carbocycles. The van der Waals surface area contributed by atoms with Crippen molar-refractivity contribution in [2.75, 3.05) is 6.61 Å². The molecule has 100 valence electrons. The van der Waals surface area contributed by atoms with Crippen LogP contribution in [0.4, 0.5) is 0 Å². The highest BCUT2D eigenvalue weighted by atomic mass is 127. The molecule has 0 radical (unpaired) electrons. The number of halogens is 1. The van der Waals surface area contributed by atoms with Gasteiger partial charge >= 0.3 is 0 Å². The fraction of sp³-hybridized carbons (Fsp3) is 0.286. The van der Waals surface area contributed by atoms with Crippen molar-refractivity contribution in [3.63, 3.8) is 0 Å². The fourth-order valence-electron chi connectivity index (χ4n) is 1.67. The predicted octanol–water partition coefficient (Wildman–Crippen LogP) is 2.97. The topological polar surface area (TPSA) is 55.0 Å². The van der Waals surface area contributed by atoms with E-state index >= 15 is 0 Å². The minimum atomic E-state index is -0.121. The minimum absolute atomic E-state index is 0.121. The van der Waals surface area contributed by atoms with Crippen LogP contribution in [0.15, 0.2) is 35.1 Å². The lowest BCUT2D eigenvalue weighted by Gasteiger charge is -2.07. The van der Waals surface area contributed by atoms with Crippen molar-refractivity contribution in [2.24, 2.45) is 0 Å². The van der Waals surface area contributed by atoms with Gasteiger partial charge in [0.15, 0.2) is 0 Å². The van der Waals surface area contributed by atoms with Gasteiger partial charge in [0.1, 0.15) is 16.0 Å². The lowest BCUT2D eigenvalue weighted by molar-refractivity contribution is 0.116. The maximum absolute atomic E-state index is 11.9. The van der Waals surface area contributed by atoms with Crippen LogP contribution in [0.1, 0.15) is 19.2 Å². The molecule has 1 heterocycles. The Morgan fingerprint density at radius 2 is 2.05 bits per heavy atom. The normalized spacial score (nSPS) is 10.6. The molecule has 0 aliphatic rings. The van der Waals surface area contributed by atoms with Gasteiger partial charge in [-0.2, -0.15) is 0 Å². The molecule has 0 bridgehead atoms. The first-order valence-electron chi connectivity index (χ1n) is 6.14. The van der Waals surface area contributed by atoms with E-state index in [0.717, 1.165) is 12.0 Å². The van der Waals surface area contributed by atoms with E-state index in [1.807, 2.05) is 59.8 Å². The molecule has 2 rings (SSSR count). The third kappa shape index (κ3) is 3.63. The van der Waals surface area contributed by atoms with Crippen molar-refractivity contribution < 1.29 is 4.74 Å². The lowest BCUT2D eigenvalue weighted by Crippen LogP contribution is -2.17. The van der Waals surface area contributed by atoms with E-state index < -0.39 is 0 Å². The van der Waals surface area contributed by atoms with E-state index in [2.05, 4.69) is 9.97 Å². The second kappa shape index (κ2) is 6.81. The highest BCUT2D eigenvalue weighted by Crippen LogP contribution is 2.20. The summed E-state index contributed by atoms with van der Waals surface area (Å²) in [6, 6.07) is 9.69. The highest BCUT2D eigenvalue weighted by Gasteiger charge is 2.10. The van der Waals surface area contributed by atoms with Crippen molar-refractivity contribution in [1.82, 2.24) is 9.97 Å². The summed E-state index contributed by atoms with van der Waals surface area (Å²) in [4.78, 5) is 19.1. The Morgan fingerprint density at radius 3 is 2.74 bits per heavy atom. The summed E-state index contributed by atoms with van der Waals surface area (Å²) < 4.78 is 6.02. The Hall–Kier alpha value is -1.21. The van der Waals surface area contributed by atoms with Crippen molar-refractivity contribution in [1.29, 1.82) is 0 Å². The Bertz CT molecular complexity index is 596. The van der Waals surface area contributed by atoms with Crippen LogP contribution in [0, 0.1) is 3.57 Å². The van der Waals surface area contributed by atoms with Gasteiger partial charge in [0, 0.05) is 12.2 Å². The largest absolute Gasteiger partial charge is 0.374 e. The number of H-pyrrole nitrogens is 1. The van der Waals surface area contributed by atoms with Crippen LogP contribution >= 0.6 is 22.6 Å². The van der Waals surface area contributed by atoms with E-state index in [4.69, 9.17) is 4.74 Å². The van der Waals surface area contributed by atoms with E-state index in [-0.39, 0.29) is 5.56 Å². The minimum Gasteiger partial charge on any atom is -0.374 e. The molecule has 0 fully saturated rings. The predicted molar refractivity (Wildman–Crippen MR) is 83.0 cm³/mol. The van der Waals surface area contributed by atoms with Gasteiger partial charge in [-0.1, -0.05) is 37.3 Å². The molecule has 2 aromatic rings. The standard InChI is InChI=1S/C14H15IN2O2/c1-2-8-19-9-11-16-13(12(15)14(18)17-11)10-6-4-3-5-7-10/h3-7H,2,8-9H2,1H3,(H,16,17,18). The molecular formula is C14H15IN2O2. The first kappa shape index (κ1) is 14.2. The zero-order valence-corrected chi connectivity index (χ0v) is 12.8. The van der Waals surface area contributed by atoms with Crippen molar-refractivity contribution in [2.45, 2.75) is 20.0 Å². The van der Waals surface area contributed by atoms with Crippen LogP contribution in [0.2, 0.25) is 0 Å². The first-order chi connectivity index (χ1) is 9.22. The van der Waals surface area contributed by atoms with Crippen LogP contribution in [-0.2, 0) is 11.3 Å². The van der Waals surface area contributed by atoms with Crippen LogP contribution in [0.25, 0.3) is 11.3 Å². The van der Waals surface area contributed by atoms with Gasteiger partial charge in [0.25, 0.3) is 5.56 Å². The fourth-order valence-corrected chi connectivity index (χ4v) is 2.24. The smallest absolute Gasteiger partial charge is 0.265 e. The quantitative estimate of drug-likeness (QED) is 0.651. The van der Waals surface area contributed by atoms with Crippen LogP contribution < -0.4 is 5.56 Å². The Morgan fingerprint density at radius 1 is 1.32 bits per heavy atom. The van der Waals surface area contributed by atoms with E-state index in [1.54, 1.807) is 0 Å². The summed E-state index contributed by atoms with van der Waals surface area (Å²) in [5.74, 6) is 0.567. The van der Waals surface area contributed by atoms with Gasteiger partial charge < -0.3 is 9.72 Å². The molecular weight excluding hydrogens is 355 g/mol. The zero-order chi connectivity index (χ0) is 13.7. The number of rotatable bonds is 5. The molecule has 1 N–H and O–H groups in total. The van der Waals surface area contributed by atoms with Crippen molar-refractivity contribution in [3.8, 4) is 11.3 Å². The molecule has 0 aliphatic carbocycles. The van der Waals surface area contributed by atoms with Gasteiger partial charge in [-0.05, 0) is 29.0 Å². The van der Waals surface area contributed by atoms with Crippen LogP contribution in [0.5, 0.6) is 0 Å². The Kier molecular flexibility index (Phi) is 5.09. The number of nitrogens with one attached hydrogen (secondary N) is 1. The van der Waals surface area contributed by atoms with Gasteiger partial charge in [-0.25, -0.2) is 4.98 Å². The molecule has 0 aliphatic heterocycles. The third-order valence-electron chi connectivity index (χ3n) is 2.55. The van der Waals surface area contributed by atoms with E-state index in [0.29, 0.717) is 28.3 Å².